The highest BCUT2D eigenvalue weighted by atomic mass is 19.3. The average molecular weight is 326 g/mol. The van der Waals surface area contributed by atoms with Crippen molar-refractivity contribution in [1.29, 1.82) is 0 Å². The molecule has 5 nitrogen and oxygen atoms in total. The molecule has 0 spiro atoms. The number of aryl methyl sites for hydroxylation is 1. The van der Waals surface area contributed by atoms with Gasteiger partial charge < -0.3 is 10.2 Å². The van der Waals surface area contributed by atoms with Crippen molar-refractivity contribution in [2.45, 2.75) is 50.5 Å². The number of rotatable bonds is 3. The van der Waals surface area contributed by atoms with Crippen LogP contribution in [0.25, 0.3) is 0 Å². The van der Waals surface area contributed by atoms with Gasteiger partial charge in [0, 0.05) is 51.0 Å². The Bertz CT molecular complexity index is 560. The zero-order valence-corrected chi connectivity index (χ0v) is 13.5. The maximum atomic E-state index is 13.5. The first-order chi connectivity index (χ1) is 10.9. The normalized spacial score (nSPS) is 27.7. The molecule has 7 heteroatoms. The molecular weight excluding hydrogens is 302 g/mol. The van der Waals surface area contributed by atoms with Crippen LogP contribution in [0.1, 0.15) is 38.5 Å². The Morgan fingerprint density at radius 3 is 2.91 bits per heavy atom. The van der Waals surface area contributed by atoms with Crippen molar-refractivity contribution in [3.05, 3.63) is 12.3 Å². The predicted molar refractivity (Wildman–Crippen MR) is 83.5 cm³/mol. The number of hydrogen-bond acceptors (Lipinski definition) is 3. The Kier molecular flexibility index (Phi) is 4.55. The first-order valence-electron chi connectivity index (χ1n) is 8.36. The van der Waals surface area contributed by atoms with Gasteiger partial charge in [0.2, 0.25) is 11.8 Å². The quantitative estimate of drug-likeness (QED) is 0.927. The summed E-state index contributed by atoms with van der Waals surface area (Å²) in [5, 5.41) is 7.17. The average Bonchev–Trinajstić information content (AvgIpc) is 2.92. The SMILES string of the molecule is Cn1nccc1N1CCC[C@H](NC(=O)[C@@H]2CCCC(F)(F)C2)C1. The van der Waals surface area contributed by atoms with E-state index < -0.39 is 11.8 Å². The van der Waals surface area contributed by atoms with Crippen LogP contribution < -0.4 is 10.2 Å². The Balaban J connectivity index is 1.57. The van der Waals surface area contributed by atoms with E-state index in [0.29, 0.717) is 19.4 Å². The minimum Gasteiger partial charge on any atom is -0.355 e. The van der Waals surface area contributed by atoms with Crippen molar-refractivity contribution in [1.82, 2.24) is 15.1 Å². The van der Waals surface area contributed by atoms with Gasteiger partial charge in [0.05, 0.1) is 6.20 Å². The van der Waals surface area contributed by atoms with E-state index in [0.717, 1.165) is 25.2 Å². The largest absolute Gasteiger partial charge is 0.355 e. The minimum absolute atomic E-state index is 0.0155. The summed E-state index contributed by atoms with van der Waals surface area (Å²) in [6.07, 6.45) is 4.21. The van der Waals surface area contributed by atoms with Crippen molar-refractivity contribution in [2.75, 3.05) is 18.0 Å². The smallest absolute Gasteiger partial charge is 0.248 e. The van der Waals surface area contributed by atoms with Gasteiger partial charge in [0.1, 0.15) is 5.82 Å². The molecular formula is C16H24F2N4O. The molecule has 1 N–H and O–H groups in total. The van der Waals surface area contributed by atoms with Gasteiger partial charge in [-0.15, -0.1) is 0 Å². The number of alkyl halides is 2. The lowest BCUT2D eigenvalue weighted by molar-refractivity contribution is -0.133. The molecule has 128 valence electrons. The van der Waals surface area contributed by atoms with Crippen molar-refractivity contribution >= 4 is 11.7 Å². The zero-order valence-electron chi connectivity index (χ0n) is 13.5. The van der Waals surface area contributed by atoms with Crippen LogP contribution in [0.3, 0.4) is 0 Å². The third-order valence-electron chi connectivity index (χ3n) is 4.90. The minimum atomic E-state index is -2.69. The Hall–Kier alpha value is -1.66. The van der Waals surface area contributed by atoms with Gasteiger partial charge in [-0.3, -0.25) is 9.48 Å². The molecule has 0 unspecified atom stereocenters. The third-order valence-corrected chi connectivity index (χ3v) is 4.90. The lowest BCUT2D eigenvalue weighted by Gasteiger charge is -2.36. The molecule has 1 aromatic heterocycles. The maximum Gasteiger partial charge on any atom is 0.248 e. The highest BCUT2D eigenvalue weighted by Gasteiger charge is 2.39. The van der Waals surface area contributed by atoms with E-state index >= 15 is 0 Å². The second kappa shape index (κ2) is 6.45. The fraction of sp³-hybridized carbons (Fsp3) is 0.750. The Labute approximate surface area is 135 Å². The summed E-state index contributed by atoms with van der Waals surface area (Å²) in [4.78, 5) is 14.5. The molecule has 2 atom stereocenters. The second-order valence-corrected chi connectivity index (χ2v) is 6.76. The van der Waals surface area contributed by atoms with E-state index in [2.05, 4.69) is 15.3 Å². The van der Waals surface area contributed by atoms with E-state index in [-0.39, 0.29) is 24.8 Å². The standard InChI is InChI=1S/C16H24F2N4O/c1-21-14(6-8-19-21)22-9-3-5-13(11-22)20-15(23)12-4-2-7-16(17,18)10-12/h6,8,12-13H,2-5,7,9-11H2,1H3,(H,20,23)/t12-,13+/m1/s1. The number of carbonyl (C=O) groups excluding carboxylic acids is 1. The summed E-state index contributed by atoms with van der Waals surface area (Å²) >= 11 is 0. The highest BCUT2D eigenvalue weighted by Crippen LogP contribution is 2.36. The van der Waals surface area contributed by atoms with Gasteiger partial charge in [-0.2, -0.15) is 5.10 Å². The molecule has 2 fully saturated rings. The first kappa shape index (κ1) is 16.2. The van der Waals surface area contributed by atoms with Gasteiger partial charge in [0.15, 0.2) is 0 Å². The van der Waals surface area contributed by atoms with Gasteiger partial charge in [-0.05, 0) is 25.7 Å². The Morgan fingerprint density at radius 2 is 2.22 bits per heavy atom. The van der Waals surface area contributed by atoms with Crippen molar-refractivity contribution in [3.63, 3.8) is 0 Å². The number of aromatic nitrogens is 2. The van der Waals surface area contributed by atoms with E-state index in [9.17, 15) is 13.6 Å². The Morgan fingerprint density at radius 1 is 1.39 bits per heavy atom. The summed E-state index contributed by atoms with van der Waals surface area (Å²) in [6, 6.07) is 1.97. The van der Waals surface area contributed by atoms with Crippen LogP contribution in [0.15, 0.2) is 12.3 Å². The number of halogens is 2. The topological polar surface area (TPSA) is 50.2 Å². The maximum absolute atomic E-state index is 13.5. The van der Waals surface area contributed by atoms with Crippen molar-refractivity contribution in [3.8, 4) is 0 Å². The molecule has 3 rings (SSSR count). The zero-order chi connectivity index (χ0) is 16.4. The fourth-order valence-electron chi connectivity index (χ4n) is 3.69. The van der Waals surface area contributed by atoms with Crippen LogP contribution >= 0.6 is 0 Å². The fourth-order valence-corrected chi connectivity index (χ4v) is 3.69. The molecule has 2 aliphatic rings. The molecule has 1 amide bonds. The summed E-state index contributed by atoms with van der Waals surface area (Å²) in [6.45, 7) is 1.63. The number of nitrogens with zero attached hydrogens (tertiary/aromatic N) is 3. The molecule has 23 heavy (non-hydrogen) atoms. The van der Waals surface area contributed by atoms with Crippen LogP contribution in [0.5, 0.6) is 0 Å². The number of anilines is 1. The predicted octanol–water partition coefficient (Wildman–Crippen LogP) is 2.33. The second-order valence-electron chi connectivity index (χ2n) is 6.76. The number of piperidine rings is 1. The van der Waals surface area contributed by atoms with Crippen molar-refractivity contribution in [2.24, 2.45) is 13.0 Å². The molecule has 1 aromatic rings. The molecule has 0 aromatic carbocycles. The van der Waals surface area contributed by atoms with E-state index in [4.69, 9.17) is 0 Å². The number of hydrogen-bond donors (Lipinski definition) is 1. The van der Waals surface area contributed by atoms with Gasteiger partial charge in [0.25, 0.3) is 0 Å². The van der Waals surface area contributed by atoms with Gasteiger partial charge in [-0.1, -0.05) is 0 Å². The summed E-state index contributed by atoms with van der Waals surface area (Å²) in [7, 11) is 1.89. The van der Waals surface area contributed by atoms with Crippen molar-refractivity contribution < 1.29 is 13.6 Å². The molecule has 1 aliphatic carbocycles. The van der Waals surface area contributed by atoms with Gasteiger partial charge in [-0.25, -0.2) is 8.78 Å². The third kappa shape index (κ3) is 3.82. The number of amides is 1. The lowest BCUT2D eigenvalue weighted by atomic mass is 9.85. The van der Waals surface area contributed by atoms with E-state index in [1.54, 1.807) is 6.20 Å². The lowest BCUT2D eigenvalue weighted by Crippen LogP contribution is -2.50. The molecule has 0 radical (unpaired) electrons. The van der Waals surface area contributed by atoms with E-state index in [1.165, 1.54) is 0 Å². The summed E-state index contributed by atoms with van der Waals surface area (Å²) in [5.74, 6) is -2.42. The van der Waals surface area contributed by atoms with Crippen LogP contribution in [-0.4, -0.2) is 40.7 Å². The molecule has 2 heterocycles. The number of nitrogens with one attached hydrogen (secondary N) is 1. The number of carbonyl (C=O) groups is 1. The van der Waals surface area contributed by atoms with E-state index in [1.807, 2.05) is 17.8 Å². The molecule has 0 bridgehead atoms. The molecule has 1 aliphatic heterocycles. The van der Waals surface area contributed by atoms with Crippen LogP contribution in [-0.2, 0) is 11.8 Å². The highest BCUT2D eigenvalue weighted by molar-refractivity contribution is 5.79. The monoisotopic (exact) mass is 326 g/mol. The van der Waals surface area contributed by atoms with Gasteiger partial charge >= 0.3 is 0 Å². The summed E-state index contributed by atoms with van der Waals surface area (Å²) < 4.78 is 28.8. The molecule has 1 saturated carbocycles. The van der Waals surface area contributed by atoms with Crippen LogP contribution in [0.2, 0.25) is 0 Å². The summed E-state index contributed by atoms with van der Waals surface area (Å²) in [5.41, 5.74) is 0. The first-order valence-corrected chi connectivity index (χ1v) is 8.36. The van der Waals surface area contributed by atoms with Crippen LogP contribution in [0.4, 0.5) is 14.6 Å². The molecule has 1 saturated heterocycles. The van der Waals surface area contributed by atoms with Crippen LogP contribution in [0, 0.1) is 5.92 Å².